The number of rotatable bonds is 4. The Hall–Kier alpha value is -2.13. The maximum atomic E-state index is 14.4. The molecule has 0 aliphatic heterocycles. The summed E-state index contributed by atoms with van der Waals surface area (Å²) >= 11 is -2.40. The molecule has 2 heterocycles. The van der Waals surface area contributed by atoms with Crippen molar-refractivity contribution in [1.29, 1.82) is 0 Å². The summed E-state index contributed by atoms with van der Waals surface area (Å²) in [4.78, 5) is 18.0. The van der Waals surface area contributed by atoms with E-state index >= 15 is 0 Å². The molecule has 0 fully saturated rings. The van der Waals surface area contributed by atoms with Gasteiger partial charge in [-0.2, -0.15) is 0 Å². The van der Waals surface area contributed by atoms with E-state index in [1.807, 2.05) is 0 Å². The van der Waals surface area contributed by atoms with Crippen molar-refractivity contribution in [2.24, 2.45) is 0 Å². The smallest absolute Gasteiger partial charge is 0.249 e. The zero-order valence-electron chi connectivity index (χ0n) is 12.1. The van der Waals surface area contributed by atoms with Gasteiger partial charge in [-0.25, -0.2) is 14.1 Å². The number of pyridine rings is 2. The van der Waals surface area contributed by atoms with Gasteiger partial charge in [0.1, 0.15) is 11.5 Å². The number of H-pyrrole nitrogens is 1. The molecule has 0 aliphatic carbocycles. The van der Waals surface area contributed by atoms with Gasteiger partial charge in [0.25, 0.3) is 0 Å². The van der Waals surface area contributed by atoms with Gasteiger partial charge in [-0.3, -0.25) is 9.00 Å². The Balaban J connectivity index is 0.00000208. The van der Waals surface area contributed by atoms with Gasteiger partial charge in [0.2, 0.25) is 5.56 Å². The third kappa shape index (κ3) is 3.85. The van der Waals surface area contributed by atoms with E-state index in [1.165, 1.54) is 18.3 Å². The van der Waals surface area contributed by atoms with Crippen molar-refractivity contribution >= 4 is 34.7 Å². The molecule has 9 heteroatoms. The molecule has 1 atom stereocenters. The average molecular weight is 369 g/mol. The lowest BCUT2D eigenvalue weighted by Gasteiger charge is -2.10. The van der Waals surface area contributed by atoms with Crippen molar-refractivity contribution in [1.82, 2.24) is 14.7 Å². The van der Waals surface area contributed by atoms with Gasteiger partial charge in [0.15, 0.2) is 0 Å². The predicted octanol–water partition coefficient (Wildman–Crippen LogP) is 2.03. The summed E-state index contributed by atoms with van der Waals surface area (Å²) < 4.78 is 37.5. The fourth-order valence-corrected chi connectivity index (χ4v) is 2.61. The molecule has 0 saturated carbocycles. The van der Waals surface area contributed by atoms with Crippen molar-refractivity contribution < 1.29 is 13.2 Å². The van der Waals surface area contributed by atoms with Crippen LogP contribution in [0.3, 0.4) is 0 Å². The molecule has 0 saturated heterocycles. The predicted molar refractivity (Wildman–Crippen MR) is 90.8 cm³/mol. The van der Waals surface area contributed by atoms with Crippen LogP contribution < -0.4 is 10.3 Å². The average Bonchev–Trinajstić information content (AvgIpc) is 2.52. The first-order chi connectivity index (χ1) is 11.0. The lowest BCUT2D eigenvalue weighted by molar-refractivity contribution is 0.522. The van der Waals surface area contributed by atoms with Crippen LogP contribution in [0.15, 0.2) is 47.4 Å². The second-order valence-electron chi connectivity index (χ2n) is 4.81. The lowest BCUT2D eigenvalue weighted by atomic mass is 10.0. The van der Waals surface area contributed by atoms with Crippen LogP contribution >= 0.6 is 12.4 Å². The highest BCUT2D eigenvalue weighted by atomic mass is 35.5. The number of aromatic amines is 1. The van der Waals surface area contributed by atoms with Gasteiger partial charge in [0, 0.05) is 41.0 Å². The van der Waals surface area contributed by atoms with Gasteiger partial charge < -0.3 is 9.54 Å². The van der Waals surface area contributed by atoms with Gasteiger partial charge >= 0.3 is 0 Å². The van der Waals surface area contributed by atoms with E-state index in [9.17, 15) is 17.9 Å². The first-order valence-electron chi connectivity index (χ1n) is 6.64. The van der Waals surface area contributed by atoms with Gasteiger partial charge in [-0.15, -0.1) is 12.4 Å². The quantitative estimate of drug-likeness (QED) is 0.688. The second kappa shape index (κ2) is 7.63. The van der Waals surface area contributed by atoms with Crippen molar-refractivity contribution in [2.75, 3.05) is 0 Å². The van der Waals surface area contributed by atoms with Crippen LogP contribution in [0.25, 0.3) is 22.2 Å². The summed E-state index contributed by atoms with van der Waals surface area (Å²) in [5.41, 5.74) is 1.53. The molecular weight excluding hydrogens is 357 g/mol. The monoisotopic (exact) mass is 368 g/mol. The molecule has 0 bridgehead atoms. The van der Waals surface area contributed by atoms with E-state index in [1.54, 1.807) is 24.3 Å². The van der Waals surface area contributed by atoms with E-state index in [0.717, 1.165) is 0 Å². The van der Waals surface area contributed by atoms with Crippen molar-refractivity contribution in [3.8, 4) is 11.1 Å². The van der Waals surface area contributed by atoms with Gasteiger partial charge in [-0.05, 0) is 29.3 Å². The highest BCUT2D eigenvalue weighted by Gasteiger charge is 2.10. The molecule has 24 heavy (non-hydrogen) atoms. The van der Waals surface area contributed by atoms with Crippen LogP contribution in [0.5, 0.6) is 0 Å². The SMILES string of the molecule is Cl.O=c1ccc2c(-c3ccc(CNS(=O)[O-])cc3F)ccnc2[nH]1. The van der Waals surface area contributed by atoms with Crippen LogP contribution in [0.2, 0.25) is 0 Å². The Morgan fingerprint density at radius 2 is 2.00 bits per heavy atom. The number of hydrogen-bond donors (Lipinski definition) is 2. The Morgan fingerprint density at radius 1 is 1.21 bits per heavy atom. The number of halogens is 2. The highest BCUT2D eigenvalue weighted by Crippen LogP contribution is 2.28. The minimum absolute atomic E-state index is 0. The molecule has 2 N–H and O–H groups in total. The minimum Gasteiger partial charge on any atom is -0.760 e. The van der Waals surface area contributed by atoms with Crippen molar-refractivity contribution in [3.63, 3.8) is 0 Å². The third-order valence-electron chi connectivity index (χ3n) is 3.35. The van der Waals surface area contributed by atoms with Gasteiger partial charge in [-0.1, -0.05) is 12.1 Å². The first kappa shape index (κ1) is 18.2. The molecule has 0 aliphatic rings. The van der Waals surface area contributed by atoms with Crippen LogP contribution in [-0.4, -0.2) is 18.7 Å². The molecule has 0 amide bonds. The molecule has 1 aromatic carbocycles. The number of nitrogens with one attached hydrogen (secondary N) is 2. The van der Waals surface area contributed by atoms with E-state index in [0.29, 0.717) is 27.7 Å². The summed E-state index contributed by atoms with van der Waals surface area (Å²) in [6.07, 6.45) is 1.49. The normalized spacial score (nSPS) is 11.9. The molecule has 3 aromatic rings. The Bertz CT molecular complexity index is 964. The first-order valence-corrected chi connectivity index (χ1v) is 7.72. The van der Waals surface area contributed by atoms with Crippen LogP contribution in [0.4, 0.5) is 4.39 Å². The van der Waals surface area contributed by atoms with E-state index < -0.39 is 17.1 Å². The second-order valence-corrected chi connectivity index (χ2v) is 5.57. The Kier molecular flexibility index (Phi) is 5.79. The molecule has 3 rings (SSSR count). The third-order valence-corrected chi connectivity index (χ3v) is 3.73. The van der Waals surface area contributed by atoms with E-state index in [-0.39, 0.29) is 24.5 Å². The summed E-state index contributed by atoms with van der Waals surface area (Å²) in [5.74, 6) is -0.486. The molecule has 1 unspecified atom stereocenters. The van der Waals surface area contributed by atoms with Crippen LogP contribution in [0.1, 0.15) is 5.56 Å². The summed E-state index contributed by atoms with van der Waals surface area (Å²) in [5, 5.41) is 0.623. The van der Waals surface area contributed by atoms with Crippen LogP contribution in [-0.2, 0) is 17.8 Å². The zero-order chi connectivity index (χ0) is 16.4. The summed E-state index contributed by atoms with van der Waals surface area (Å²) in [6, 6.07) is 9.08. The summed E-state index contributed by atoms with van der Waals surface area (Å²) in [6.45, 7) is 0.0116. The number of nitrogens with zero attached hydrogens (tertiary/aromatic N) is 1. The van der Waals surface area contributed by atoms with E-state index in [4.69, 9.17) is 0 Å². The summed E-state index contributed by atoms with van der Waals surface area (Å²) in [7, 11) is 0. The standard InChI is InChI=1S/C15H12FN3O3S.ClH/c16-13-7-9(8-18-23(21)22)1-2-11(13)10-5-6-17-15-12(10)3-4-14(20)19-15;/h1-7,18H,8H2,(H,21,22)(H,17,19,20);1H/p-1. The molecule has 6 nitrogen and oxygen atoms in total. The topological polar surface area (TPSA) is 97.9 Å². The number of hydrogen-bond acceptors (Lipinski definition) is 4. The fraction of sp³-hybridized carbons (Fsp3) is 0.0667. The molecule has 0 spiro atoms. The minimum atomic E-state index is -2.40. The van der Waals surface area contributed by atoms with Crippen molar-refractivity contribution in [2.45, 2.75) is 6.54 Å². The molecule has 0 radical (unpaired) electrons. The molecule has 126 valence electrons. The number of benzene rings is 1. The Labute approximate surface area is 145 Å². The van der Waals surface area contributed by atoms with Crippen LogP contribution in [0, 0.1) is 5.82 Å². The highest BCUT2D eigenvalue weighted by molar-refractivity contribution is 7.77. The van der Waals surface area contributed by atoms with Gasteiger partial charge in [0.05, 0.1) is 0 Å². The van der Waals surface area contributed by atoms with Crippen molar-refractivity contribution in [3.05, 3.63) is 64.3 Å². The number of fused-ring (bicyclic) bond motifs is 1. The zero-order valence-corrected chi connectivity index (χ0v) is 13.7. The maximum absolute atomic E-state index is 14.4. The largest absolute Gasteiger partial charge is 0.760 e. The lowest BCUT2D eigenvalue weighted by Crippen LogP contribution is -2.15. The Morgan fingerprint density at radius 3 is 2.71 bits per heavy atom. The number of aromatic nitrogens is 2. The van der Waals surface area contributed by atoms with E-state index in [2.05, 4.69) is 14.7 Å². The molecular formula is C15H12ClFN3O3S-. The molecule has 2 aromatic heterocycles. The maximum Gasteiger partial charge on any atom is 0.249 e. The fourth-order valence-electron chi connectivity index (χ4n) is 2.32.